The Morgan fingerprint density at radius 3 is 2.45 bits per heavy atom. The number of hydrogen-bond acceptors (Lipinski definition) is 4. The van der Waals surface area contributed by atoms with E-state index in [1.54, 1.807) is 0 Å². The van der Waals surface area contributed by atoms with Crippen molar-refractivity contribution in [1.29, 1.82) is 0 Å². The Morgan fingerprint density at radius 1 is 1.14 bits per heavy atom. The number of piperidine rings is 1. The summed E-state index contributed by atoms with van der Waals surface area (Å²) in [5.41, 5.74) is 1.51. The van der Waals surface area contributed by atoms with E-state index in [1.807, 2.05) is 0 Å². The Kier molecular flexibility index (Phi) is 7.44. The molecule has 0 aromatic heterocycles. The Labute approximate surface area is 175 Å². The van der Waals surface area contributed by atoms with Crippen LogP contribution in [0.1, 0.15) is 65.7 Å². The number of ether oxygens (including phenoxy) is 1. The van der Waals surface area contributed by atoms with E-state index >= 15 is 0 Å². The van der Waals surface area contributed by atoms with Gasteiger partial charge in [0, 0.05) is 24.8 Å². The zero-order valence-corrected chi connectivity index (χ0v) is 18.3. The van der Waals surface area contributed by atoms with Gasteiger partial charge >= 0.3 is 5.97 Å². The average Bonchev–Trinajstić information content (AvgIpc) is 2.68. The lowest BCUT2D eigenvalue weighted by Crippen LogP contribution is -2.42. The Hall–Kier alpha value is -1.75. The minimum Gasteiger partial charge on any atom is -0.490 e. The van der Waals surface area contributed by atoms with Crippen molar-refractivity contribution in [1.82, 2.24) is 4.90 Å². The van der Waals surface area contributed by atoms with Gasteiger partial charge in [-0.3, -0.25) is 4.79 Å². The number of carboxylic acids is 1. The van der Waals surface area contributed by atoms with Gasteiger partial charge < -0.3 is 20.1 Å². The summed E-state index contributed by atoms with van der Waals surface area (Å²) >= 11 is 0. The van der Waals surface area contributed by atoms with Crippen molar-refractivity contribution in [3.05, 3.63) is 24.3 Å². The summed E-state index contributed by atoms with van der Waals surface area (Å²) in [5, 5.41) is 12.5. The number of aliphatic carboxylic acids is 1. The minimum absolute atomic E-state index is 0.219. The van der Waals surface area contributed by atoms with Crippen LogP contribution in [-0.2, 0) is 4.79 Å². The van der Waals surface area contributed by atoms with Crippen molar-refractivity contribution in [2.24, 2.45) is 11.3 Å². The van der Waals surface area contributed by atoms with Crippen molar-refractivity contribution in [3.8, 4) is 5.75 Å². The molecule has 1 saturated heterocycles. The fourth-order valence-corrected chi connectivity index (χ4v) is 4.73. The topological polar surface area (TPSA) is 61.8 Å². The van der Waals surface area contributed by atoms with E-state index in [1.165, 1.54) is 12.8 Å². The highest BCUT2D eigenvalue weighted by molar-refractivity contribution is 5.66. The summed E-state index contributed by atoms with van der Waals surface area (Å²) in [6, 6.07) is 8.72. The van der Waals surface area contributed by atoms with Crippen LogP contribution in [0.15, 0.2) is 24.3 Å². The molecule has 1 aliphatic heterocycles. The summed E-state index contributed by atoms with van der Waals surface area (Å²) < 4.78 is 6.24. The third-order valence-corrected chi connectivity index (χ3v) is 6.57. The fourth-order valence-electron chi connectivity index (χ4n) is 4.73. The summed E-state index contributed by atoms with van der Waals surface area (Å²) in [5.74, 6) is 1.04. The Balaban J connectivity index is 1.44. The molecule has 3 rings (SSSR count). The molecule has 2 aliphatic rings. The average molecular weight is 403 g/mol. The highest BCUT2D eigenvalue weighted by Crippen LogP contribution is 2.38. The van der Waals surface area contributed by atoms with Crippen molar-refractivity contribution in [2.75, 3.05) is 25.0 Å². The predicted molar refractivity (Wildman–Crippen MR) is 118 cm³/mol. The molecule has 0 bridgehead atoms. The van der Waals surface area contributed by atoms with Gasteiger partial charge in [-0.1, -0.05) is 20.8 Å². The van der Waals surface area contributed by atoms with E-state index in [0.717, 1.165) is 56.1 Å². The fraction of sp³-hybridized carbons (Fsp3) is 0.708. The third kappa shape index (κ3) is 6.91. The molecule has 1 saturated carbocycles. The molecular formula is C24H38N2O3. The lowest BCUT2D eigenvalue weighted by Gasteiger charge is -2.37. The molecular weight excluding hydrogens is 364 g/mol. The van der Waals surface area contributed by atoms with Crippen LogP contribution in [0.3, 0.4) is 0 Å². The molecule has 29 heavy (non-hydrogen) atoms. The van der Waals surface area contributed by atoms with Gasteiger partial charge in [-0.05, 0) is 80.7 Å². The van der Waals surface area contributed by atoms with Gasteiger partial charge in [0.25, 0.3) is 0 Å². The number of benzene rings is 1. The van der Waals surface area contributed by atoms with Gasteiger partial charge in [-0.2, -0.15) is 0 Å². The van der Waals surface area contributed by atoms with E-state index in [-0.39, 0.29) is 6.42 Å². The highest BCUT2D eigenvalue weighted by Gasteiger charge is 2.30. The molecule has 1 atom stereocenters. The maximum absolute atomic E-state index is 10.8. The number of carbonyl (C=O) groups is 1. The SMILES string of the molecule is CC(C)(C)C1CCC(Oc2ccc(NC3CCCN(CCC(=O)O)C3)cc2)CC1. The zero-order valence-electron chi connectivity index (χ0n) is 18.3. The maximum Gasteiger partial charge on any atom is 0.304 e. The molecule has 1 unspecified atom stereocenters. The molecule has 0 spiro atoms. The number of carboxylic acid groups (broad SMARTS) is 1. The molecule has 1 aromatic carbocycles. The molecule has 2 fully saturated rings. The first-order chi connectivity index (χ1) is 13.8. The van der Waals surface area contributed by atoms with Gasteiger partial charge in [0.2, 0.25) is 0 Å². The predicted octanol–water partition coefficient (Wildman–Crippen LogP) is 5.02. The molecule has 1 aromatic rings. The van der Waals surface area contributed by atoms with Crippen molar-refractivity contribution >= 4 is 11.7 Å². The van der Waals surface area contributed by atoms with Crippen LogP contribution in [0.2, 0.25) is 0 Å². The maximum atomic E-state index is 10.8. The van der Waals surface area contributed by atoms with Crippen LogP contribution in [0.5, 0.6) is 5.75 Å². The molecule has 0 radical (unpaired) electrons. The molecule has 2 N–H and O–H groups in total. The van der Waals surface area contributed by atoms with E-state index < -0.39 is 5.97 Å². The lowest BCUT2D eigenvalue weighted by atomic mass is 9.72. The molecule has 5 nitrogen and oxygen atoms in total. The lowest BCUT2D eigenvalue weighted by molar-refractivity contribution is -0.137. The molecule has 1 aliphatic carbocycles. The normalized spacial score (nSPS) is 26.1. The van der Waals surface area contributed by atoms with Crippen molar-refractivity contribution in [2.45, 2.75) is 77.9 Å². The molecule has 162 valence electrons. The first-order valence-corrected chi connectivity index (χ1v) is 11.3. The van der Waals surface area contributed by atoms with Crippen LogP contribution >= 0.6 is 0 Å². The van der Waals surface area contributed by atoms with E-state index in [9.17, 15) is 4.79 Å². The second kappa shape index (κ2) is 9.84. The van der Waals surface area contributed by atoms with Gasteiger partial charge in [-0.25, -0.2) is 0 Å². The third-order valence-electron chi connectivity index (χ3n) is 6.57. The number of anilines is 1. The summed E-state index contributed by atoms with van der Waals surface area (Å²) in [4.78, 5) is 13.0. The standard InChI is InChI=1S/C24H38N2O3/c1-24(2,3)18-6-10-21(11-7-18)29-22-12-8-19(9-13-22)25-20-5-4-15-26(17-20)16-14-23(27)28/h8-9,12-13,18,20-21,25H,4-7,10-11,14-17H2,1-3H3,(H,27,28). The summed E-state index contributed by atoms with van der Waals surface area (Å²) in [6.07, 6.45) is 7.60. The van der Waals surface area contributed by atoms with E-state index in [2.05, 4.69) is 55.3 Å². The largest absolute Gasteiger partial charge is 0.490 e. The van der Waals surface area contributed by atoms with Crippen molar-refractivity contribution in [3.63, 3.8) is 0 Å². The van der Waals surface area contributed by atoms with Gasteiger partial charge in [0.15, 0.2) is 0 Å². The van der Waals surface area contributed by atoms with Crippen LogP contribution < -0.4 is 10.1 Å². The highest BCUT2D eigenvalue weighted by atomic mass is 16.5. The van der Waals surface area contributed by atoms with Crippen LogP contribution in [0, 0.1) is 11.3 Å². The minimum atomic E-state index is -0.720. The number of nitrogens with zero attached hydrogens (tertiary/aromatic N) is 1. The summed E-state index contributed by atoms with van der Waals surface area (Å²) in [7, 11) is 0. The number of rotatable bonds is 7. The van der Waals surface area contributed by atoms with Gasteiger partial charge in [0.05, 0.1) is 12.5 Å². The van der Waals surface area contributed by atoms with Crippen molar-refractivity contribution < 1.29 is 14.6 Å². The van der Waals surface area contributed by atoms with E-state index in [0.29, 0.717) is 24.1 Å². The molecule has 0 amide bonds. The quantitative estimate of drug-likeness (QED) is 0.670. The summed E-state index contributed by atoms with van der Waals surface area (Å²) in [6.45, 7) is 9.59. The monoisotopic (exact) mass is 402 g/mol. The zero-order chi connectivity index (χ0) is 20.9. The first kappa shape index (κ1) is 21.9. The van der Waals surface area contributed by atoms with Gasteiger partial charge in [-0.15, -0.1) is 0 Å². The van der Waals surface area contributed by atoms with Gasteiger partial charge in [0.1, 0.15) is 5.75 Å². The number of likely N-dealkylation sites (tertiary alicyclic amines) is 1. The number of hydrogen-bond donors (Lipinski definition) is 2. The smallest absolute Gasteiger partial charge is 0.304 e. The molecule has 5 heteroatoms. The molecule has 1 heterocycles. The first-order valence-electron chi connectivity index (χ1n) is 11.3. The second-order valence-electron chi connectivity index (χ2n) is 9.91. The van der Waals surface area contributed by atoms with Crippen LogP contribution in [0.25, 0.3) is 0 Å². The van der Waals surface area contributed by atoms with Crippen LogP contribution in [0.4, 0.5) is 5.69 Å². The second-order valence-corrected chi connectivity index (χ2v) is 9.91. The van der Waals surface area contributed by atoms with Crippen LogP contribution in [-0.4, -0.2) is 47.8 Å². The Morgan fingerprint density at radius 2 is 1.83 bits per heavy atom. The van der Waals surface area contributed by atoms with E-state index in [4.69, 9.17) is 9.84 Å². The number of nitrogens with one attached hydrogen (secondary N) is 1. The Bertz CT molecular complexity index is 645.